The first-order valence-electron chi connectivity index (χ1n) is 6.36. The summed E-state index contributed by atoms with van der Waals surface area (Å²) in [6.45, 7) is 0.481. The Balaban J connectivity index is 1.91. The summed E-state index contributed by atoms with van der Waals surface area (Å²) in [6, 6.07) is 3.35. The van der Waals surface area contributed by atoms with Crippen LogP contribution in [0.1, 0.15) is 11.4 Å². The van der Waals surface area contributed by atoms with Gasteiger partial charge in [0.05, 0.1) is 18.5 Å². The van der Waals surface area contributed by atoms with Gasteiger partial charge in [-0.1, -0.05) is 0 Å². The number of aromatic nitrogens is 3. The van der Waals surface area contributed by atoms with Gasteiger partial charge in [-0.2, -0.15) is 0 Å². The Bertz CT molecular complexity index is 702. The van der Waals surface area contributed by atoms with Crippen LogP contribution in [0.15, 0.2) is 23.1 Å². The minimum Gasteiger partial charge on any atom is -0.490 e. The maximum atomic E-state index is 11.7. The fourth-order valence-electron chi connectivity index (χ4n) is 1.67. The lowest BCUT2D eigenvalue weighted by Crippen LogP contribution is -2.21. The number of pyridine rings is 1. The summed E-state index contributed by atoms with van der Waals surface area (Å²) >= 11 is 5.62. The first-order chi connectivity index (χ1) is 10.6. The number of H-pyrrole nitrogens is 1. The summed E-state index contributed by atoms with van der Waals surface area (Å²) in [5.41, 5.74) is 0.423. The zero-order chi connectivity index (χ0) is 15.9. The van der Waals surface area contributed by atoms with Gasteiger partial charge in [-0.25, -0.2) is 4.98 Å². The first kappa shape index (κ1) is 15.9. The Labute approximate surface area is 130 Å². The summed E-state index contributed by atoms with van der Waals surface area (Å²) in [5.74, 6) is 0.550. The van der Waals surface area contributed by atoms with E-state index in [0.717, 1.165) is 6.21 Å². The Morgan fingerprint density at radius 1 is 1.50 bits per heavy atom. The molecule has 2 aromatic rings. The molecule has 2 aromatic heterocycles. The second kappa shape index (κ2) is 7.53. The van der Waals surface area contributed by atoms with Gasteiger partial charge in [-0.3, -0.25) is 14.8 Å². The molecule has 0 amide bonds. The maximum absolute atomic E-state index is 11.7. The molecule has 0 unspecified atom stereocenters. The van der Waals surface area contributed by atoms with E-state index in [9.17, 15) is 4.79 Å². The van der Waals surface area contributed by atoms with E-state index in [0.29, 0.717) is 18.0 Å². The number of ether oxygens (including phenoxy) is 1. The highest BCUT2D eigenvalue weighted by Gasteiger charge is 2.08. The molecule has 0 atom stereocenters. The molecule has 0 saturated heterocycles. The molecule has 0 aromatic carbocycles. The molecule has 2 heterocycles. The second-order valence-electron chi connectivity index (χ2n) is 4.18. The highest BCUT2D eigenvalue weighted by molar-refractivity contribution is 6.28. The monoisotopic (exact) mass is 323 g/mol. The highest BCUT2D eigenvalue weighted by Crippen LogP contribution is 2.10. The molecule has 116 valence electrons. The zero-order valence-electron chi connectivity index (χ0n) is 11.5. The van der Waals surface area contributed by atoms with Crippen molar-refractivity contribution in [3.05, 3.63) is 45.4 Å². The number of aromatic amines is 1. The summed E-state index contributed by atoms with van der Waals surface area (Å²) in [6.07, 6.45) is 2.45. The molecule has 2 rings (SSSR count). The van der Waals surface area contributed by atoms with Crippen LogP contribution in [-0.4, -0.2) is 39.4 Å². The normalized spacial score (nSPS) is 10.3. The van der Waals surface area contributed by atoms with Gasteiger partial charge in [-0.15, -0.1) is 0 Å². The Morgan fingerprint density at radius 3 is 2.95 bits per heavy atom. The molecule has 0 radical (unpaired) electrons. The van der Waals surface area contributed by atoms with Crippen LogP contribution in [0.2, 0.25) is 5.28 Å². The second-order valence-corrected chi connectivity index (χ2v) is 4.54. The topological polar surface area (TPSA) is 124 Å². The van der Waals surface area contributed by atoms with E-state index in [1.54, 1.807) is 12.1 Å². The smallest absolute Gasteiger partial charge is 0.275 e. The van der Waals surface area contributed by atoms with E-state index in [2.05, 4.69) is 20.3 Å². The van der Waals surface area contributed by atoms with Crippen molar-refractivity contribution < 1.29 is 9.84 Å². The fraction of sp³-hybridized carbons (Fsp3) is 0.231. The molecule has 9 heteroatoms. The molecule has 4 N–H and O–H groups in total. The van der Waals surface area contributed by atoms with E-state index >= 15 is 0 Å². The molecule has 8 nitrogen and oxygen atoms in total. The molecular weight excluding hydrogens is 310 g/mol. The lowest BCUT2D eigenvalue weighted by molar-refractivity contribution is 0.276. The third-order valence-electron chi connectivity index (χ3n) is 2.69. The van der Waals surface area contributed by atoms with Gasteiger partial charge in [0.2, 0.25) is 5.28 Å². The number of hydrogen-bond acceptors (Lipinski definition) is 7. The van der Waals surface area contributed by atoms with E-state index < -0.39 is 5.56 Å². The van der Waals surface area contributed by atoms with Gasteiger partial charge in [0.25, 0.3) is 5.56 Å². The molecule has 0 bridgehead atoms. The summed E-state index contributed by atoms with van der Waals surface area (Å²) in [7, 11) is 0. The van der Waals surface area contributed by atoms with Crippen LogP contribution in [-0.2, 0) is 6.61 Å². The van der Waals surface area contributed by atoms with Crippen LogP contribution in [0.3, 0.4) is 0 Å². The van der Waals surface area contributed by atoms with Crippen LogP contribution < -0.4 is 15.6 Å². The van der Waals surface area contributed by atoms with Gasteiger partial charge in [-0.05, 0) is 23.7 Å². The molecule has 0 aliphatic rings. The van der Waals surface area contributed by atoms with Crippen molar-refractivity contribution in [2.45, 2.75) is 6.61 Å². The number of halogens is 1. The summed E-state index contributed by atoms with van der Waals surface area (Å²) in [4.78, 5) is 21.9. The van der Waals surface area contributed by atoms with Gasteiger partial charge >= 0.3 is 0 Å². The lowest BCUT2D eigenvalue weighted by Gasteiger charge is -2.09. The third-order valence-corrected chi connectivity index (χ3v) is 2.87. The van der Waals surface area contributed by atoms with E-state index in [1.807, 2.05) is 0 Å². The standard InChI is InChI=1S/C13H14ClN5O3/c14-13-18-10(5-15)11(12(21)19-13)16-3-4-22-9-2-1-8(7-20)17-6-9/h1-2,5-6,15-16,20H,3-4,7H2,(H,18,19,21). The van der Waals surface area contributed by atoms with Crippen molar-refractivity contribution in [2.24, 2.45) is 0 Å². The van der Waals surface area contributed by atoms with Crippen LogP contribution in [0.5, 0.6) is 5.75 Å². The average molecular weight is 324 g/mol. The summed E-state index contributed by atoms with van der Waals surface area (Å²) < 4.78 is 5.44. The molecular formula is C13H14ClN5O3. The third kappa shape index (κ3) is 4.03. The number of aliphatic hydroxyl groups excluding tert-OH is 1. The quantitative estimate of drug-likeness (QED) is 0.339. The van der Waals surface area contributed by atoms with Crippen molar-refractivity contribution in [3.8, 4) is 5.75 Å². The molecule has 0 saturated carbocycles. The van der Waals surface area contributed by atoms with Gasteiger partial charge in [0, 0.05) is 12.8 Å². The van der Waals surface area contributed by atoms with Crippen molar-refractivity contribution >= 4 is 23.5 Å². The lowest BCUT2D eigenvalue weighted by atomic mass is 10.3. The molecule has 22 heavy (non-hydrogen) atoms. The van der Waals surface area contributed by atoms with E-state index in [-0.39, 0.29) is 29.9 Å². The number of hydrogen-bond donors (Lipinski definition) is 4. The Morgan fingerprint density at radius 2 is 2.32 bits per heavy atom. The van der Waals surface area contributed by atoms with Gasteiger partial charge in [0.1, 0.15) is 23.7 Å². The van der Waals surface area contributed by atoms with Crippen LogP contribution in [0, 0.1) is 5.41 Å². The highest BCUT2D eigenvalue weighted by atomic mass is 35.5. The number of nitrogens with zero attached hydrogens (tertiary/aromatic N) is 2. The minimum absolute atomic E-state index is 0.0691. The molecule has 0 fully saturated rings. The summed E-state index contributed by atoms with van der Waals surface area (Å²) in [5, 5.41) is 18.9. The SMILES string of the molecule is N=Cc1nc(Cl)[nH]c(=O)c1NCCOc1ccc(CO)nc1. The van der Waals surface area contributed by atoms with Crippen LogP contribution >= 0.6 is 11.6 Å². The van der Waals surface area contributed by atoms with Crippen molar-refractivity contribution in [3.63, 3.8) is 0 Å². The number of anilines is 1. The number of nitrogens with one attached hydrogen (secondary N) is 3. The van der Waals surface area contributed by atoms with Gasteiger partial charge in [0.15, 0.2) is 0 Å². The van der Waals surface area contributed by atoms with Crippen molar-refractivity contribution in [2.75, 3.05) is 18.5 Å². The zero-order valence-corrected chi connectivity index (χ0v) is 12.2. The van der Waals surface area contributed by atoms with Crippen molar-refractivity contribution in [1.29, 1.82) is 5.41 Å². The van der Waals surface area contributed by atoms with Gasteiger partial charge < -0.3 is 20.6 Å². The minimum atomic E-state index is -0.451. The number of rotatable bonds is 7. The molecule has 0 spiro atoms. The molecule has 0 aliphatic heterocycles. The first-order valence-corrected chi connectivity index (χ1v) is 6.74. The average Bonchev–Trinajstić information content (AvgIpc) is 2.53. The van der Waals surface area contributed by atoms with Crippen molar-refractivity contribution in [1.82, 2.24) is 15.0 Å². The number of aliphatic hydroxyl groups is 1. The van der Waals surface area contributed by atoms with E-state index in [1.165, 1.54) is 6.20 Å². The predicted octanol–water partition coefficient (Wildman–Crippen LogP) is 0.799. The maximum Gasteiger partial charge on any atom is 0.275 e. The largest absolute Gasteiger partial charge is 0.490 e. The van der Waals surface area contributed by atoms with Crippen LogP contribution in [0.25, 0.3) is 0 Å². The molecule has 0 aliphatic carbocycles. The predicted molar refractivity (Wildman–Crippen MR) is 81.9 cm³/mol. The van der Waals surface area contributed by atoms with E-state index in [4.69, 9.17) is 26.9 Å². The fourth-order valence-corrected chi connectivity index (χ4v) is 1.85. The Hall–Kier alpha value is -2.45. The Kier molecular flexibility index (Phi) is 5.45. The van der Waals surface area contributed by atoms with Crippen LogP contribution in [0.4, 0.5) is 5.69 Å².